The highest BCUT2D eigenvalue weighted by atomic mass is 32.2. The molecule has 0 aliphatic heterocycles. The van der Waals surface area contributed by atoms with E-state index in [1.807, 2.05) is 0 Å². The van der Waals surface area contributed by atoms with Gasteiger partial charge in [0.2, 0.25) is 10.0 Å². The Labute approximate surface area is 139 Å². The van der Waals surface area contributed by atoms with E-state index < -0.39 is 27.8 Å². The second-order valence-corrected chi connectivity index (χ2v) is 7.45. The molecule has 1 atom stereocenters. The summed E-state index contributed by atoms with van der Waals surface area (Å²) in [5, 5.41) is 0. The van der Waals surface area contributed by atoms with Crippen molar-refractivity contribution in [1.82, 2.24) is 9.29 Å². The maximum absolute atomic E-state index is 12.6. The zero-order chi connectivity index (χ0) is 18.1. The third-order valence-corrected chi connectivity index (χ3v) is 5.74. The number of alkyl halides is 3. The molecule has 0 spiro atoms. The van der Waals surface area contributed by atoms with Gasteiger partial charge in [0.15, 0.2) is 0 Å². The van der Waals surface area contributed by atoms with Crippen LogP contribution in [-0.2, 0) is 16.2 Å². The highest BCUT2D eigenvalue weighted by molar-refractivity contribution is 7.89. The van der Waals surface area contributed by atoms with Crippen LogP contribution in [0, 0.1) is 6.92 Å². The highest BCUT2D eigenvalue weighted by Gasteiger charge is 2.31. The summed E-state index contributed by atoms with van der Waals surface area (Å²) in [6.45, 7) is 3.35. The first-order chi connectivity index (χ1) is 11.0. The Kier molecular flexibility index (Phi) is 5.00. The standard InChI is InChI=1S/C16H17F3N2O2S/c1-11-4-9-15(10-20-11)24(22,23)21(3)12(2)13-5-7-14(8-6-13)16(17,18)19/h4-10,12H,1-3H3/t12-/m0/s1. The van der Waals surface area contributed by atoms with Crippen molar-refractivity contribution < 1.29 is 21.6 Å². The smallest absolute Gasteiger partial charge is 0.260 e. The van der Waals surface area contributed by atoms with Gasteiger partial charge in [0.25, 0.3) is 0 Å². The topological polar surface area (TPSA) is 50.3 Å². The van der Waals surface area contributed by atoms with E-state index in [2.05, 4.69) is 4.98 Å². The van der Waals surface area contributed by atoms with Crippen molar-refractivity contribution in [3.05, 3.63) is 59.4 Å². The molecule has 2 aromatic rings. The van der Waals surface area contributed by atoms with E-state index in [0.29, 0.717) is 11.3 Å². The summed E-state index contributed by atoms with van der Waals surface area (Å²) in [6.07, 6.45) is -3.16. The van der Waals surface area contributed by atoms with Crippen molar-refractivity contribution in [2.24, 2.45) is 0 Å². The molecule has 1 aromatic carbocycles. The lowest BCUT2D eigenvalue weighted by Crippen LogP contribution is -2.30. The lowest BCUT2D eigenvalue weighted by Gasteiger charge is -2.25. The molecule has 0 bridgehead atoms. The molecule has 0 aliphatic rings. The molecular weight excluding hydrogens is 341 g/mol. The van der Waals surface area contributed by atoms with E-state index in [9.17, 15) is 21.6 Å². The SMILES string of the molecule is Cc1ccc(S(=O)(=O)N(C)[C@@H](C)c2ccc(C(F)(F)F)cc2)cn1. The largest absolute Gasteiger partial charge is 0.416 e. The van der Waals surface area contributed by atoms with Crippen LogP contribution in [0.2, 0.25) is 0 Å². The number of benzene rings is 1. The van der Waals surface area contributed by atoms with Crippen LogP contribution in [0.3, 0.4) is 0 Å². The van der Waals surface area contributed by atoms with Crippen molar-refractivity contribution in [3.63, 3.8) is 0 Å². The second-order valence-electron chi connectivity index (χ2n) is 5.45. The van der Waals surface area contributed by atoms with E-state index in [0.717, 1.165) is 16.4 Å². The molecule has 0 fully saturated rings. The van der Waals surface area contributed by atoms with Crippen LogP contribution in [-0.4, -0.2) is 24.8 Å². The first kappa shape index (κ1) is 18.4. The van der Waals surface area contributed by atoms with Gasteiger partial charge in [0, 0.05) is 25.0 Å². The molecule has 130 valence electrons. The predicted octanol–water partition coefficient (Wildman–Crippen LogP) is 3.79. The number of aromatic nitrogens is 1. The molecule has 0 amide bonds. The minimum Gasteiger partial charge on any atom is -0.260 e. The maximum atomic E-state index is 12.6. The fourth-order valence-corrected chi connectivity index (χ4v) is 3.44. The van der Waals surface area contributed by atoms with E-state index in [1.165, 1.54) is 31.4 Å². The Hall–Kier alpha value is -1.93. The molecule has 4 nitrogen and oxygen atoms in total. The van der Waals surface area contributed by atoms with Crippen LogP contribution < -0.4 is 0 Å². The molecule has 0 saturated heterocycles. The number of rotatable bonds is 4. The molecule has 1 heterocycles. The molecule has 2 rings (SSSR count). The van der Waals surface area contributed by atoms with E-state index in [-0.39, 0.29) is 4.90 Å². The summed E-state index contributed by atoms with van der Waals surface area (Å²) >= 11 is 0. The molecule has 8 heteroatoms. The number of pyridine rings is 1. The van der Waals surface area contributed by atoms with Gasteiger partial charge in [-0.25, -0.2) is 8.42 Å². The van der Waals surface area contributed by atoms with Crippen LogP contribution in [0.5, 0.6) is 0 Å². The van der Waals surface area contributed by atoms with Crippen LogP contribution in [0.1, 0.15) is 29.8 Å². The van der Waals surface area contributed by atoms with Crippen molar-refractivity contribution in [2.75, 3.05) is 7.05 Å². The second kappa shape index (κ2) is 6.52. The van der Waals surface area contributed by atoms with Gasteiger partial charge in [-0.1, -0.05) is 12.1 Å². The summed E-state index contributed by atoms with van der Waals surface area (Å²) in [7, 11) is -2.41. The van der Waals surface area contributed by atoms with Crippen molar-refractivity contribution >= 4 is 10.0 Å². The molecule has 0 saturated carbocycles. The number of hydrogen-bond donors (Lipinski definition) is 0. The fourth-order valence-electron chi connectivity index (χ4n) is 2.14. The van der Waals surface area contributed by atoms with Gasteiger partial charge in [-0.15, -0.1) is 0 Å². The van der Waals surface area contributed by atoms with Crippen molar-refractivity contribution in [3.8, 4) is 0 Å². The molecular formula is C16H17F3N2O2S. The number of hydrogen-bond acceptors (Lipinski definition) is 3. The highest BCUT2D eigenvalue weighted by Crippen LogP contribution is 2.31. The molecule has 0 N–H and O–H groups in total. The van der Waals surface area contributed by atoms with Gasteiger partial charge in [0.05, 0.1) is 5.56 Å². The van der Waals surface area contributed by atoms with Crippen LogP contribution in [0.4, 0.5) is 13.2 Å². The van der Waals surface area contributed by atoms with Gasteiger partial charge in [-0.2, -0.15) is 17.5 Å². The van der Waals surface area contributed by atoms with Crippen LogP contribution >= 0.6 is 0 Å². The van der Waals surface area contributed by atoms with E-state index >= 15 is 0 Å². The number of halogens is 3. The van der Waals surface area contributed by atoms with Crippen LogP contribution in [0.25, 0.3) is 0 Å². The average molecular weight is 358 g/mol. The first-order valence-corrected chi connectivity index (χ1v) is 8.55. The summed E-state index contributed by atoms with van der Waals surface area (Å²) in [5.74, 6) is 0. The molecule has 0 unspecified atom stereocenters. The molecule has 24 heavy (non-hydrogen) atoms. The Balaban J connectivity index is 2.28. The maximum Gasteiger partial charge on any atom is 0.416 e. The Morgan fingerprint density at radius 2 is 1.67 bits per heavy atom. The third-order valence-electron chi connectivity index (χ3n) is 3.83. The van der Waals surface area contributed by atoms with Gasteiger partial charge in [-0.05, 0) is 43.7 Å². The Morgan fingerprint density at radius 1 is 1.08 bits per heavy atom. The monoisotopic (exact) mass is 358 g/mol. The molecule has 1 aromatic heterocycles. The molecule has 0 radical (unpaired) electrons. The van der Waals surface area contributed by atoms with Gasteiger partial charge < -0.3 is 0 Å². The number of sulfonamides is 1. The zero-order valence-electron chi connectivity index (χ0n) is 13.4. The van der Waals surface area contributed by atoms with Gasteiger partial charge >= 0.3 is 6.18 Å². The van der Waals surface area contributed by atoms with Crippen LogP contribution in [0.15, 0.2) is 47.5 Å². The number of nitrogens with zero attached hydrogens (tertiary/aromatic N) is 2. The summed E-state index contributed by atoms with van der Waals surface area (Å²) < 4.78 is 64.1. The molecule has 0 aliphatic carbocycles. The van der Waals surface area contributed by atoms with Gasteiger partial charge in [0.1, 0.15) is 4.90 Å². The van der Waals surface area contributed by atoms with E-state index in [1.54, 1.807) is 19.9 Å². The predicted molar refractivity (Wildman–Crippen MR) is 83.8 cm³/mol. The van der Waals surface area contributed by atoms with Crippen molar-refractivity contribution in [2.45, 2.75) is 31.0 Å². The summed E-state index contributed by atoms with van der Waals surface area (Å²) in [6, 6.07) is 6.87. The van der Waals surface area contributed by atoms with Gasteiger partial charge in [-0.3, -0.25) is 4.98 Å². The first-order valence-electron chi connectivity index (χ1n) is 7.11. The van der Waals surface area contributed by atoms with E-state index in [4.69, 9.17) is 0 Å². The minimum atomic E-state index is -4.42. The quantitative estimate of drug-likeness (QED) is 0.836. The van der Waals surface area contributed by atoms with Crippen molar-refractivity contribution in [1.29, 1.82) is 0 Å². The zero-order valence-corrected chi connectivity index (χ0v) is 14.2. The lowest BCUT2D eigenvalue weighted by molar-refractivity contribution is -0.137. The Bertz CT molecular complexity index is 801. The Morgan fingerprint density at radius 3 is 2.12 bits per heavy atom. The average Bonchev–Trinajstić information content (AvgIpc) is 2.53. The normalized spacial score (nSPS) is 14.0. The summed E-state index contributed by atoms with van der Waals surface area (Å²) in [5.41, 5.74) is 0.383. The minimum absolute atomic E-state index is 0.0364. The fraction of sp³-hybridized carbons (Fsp3) is 0.312. The lowest BCUT2D eigenvalue weighted by atomic mass is 10.1. The third kappa shape index (κ3) is 3.76. The summed E-state index contributed by atoms with van der Waals surface area (Å²) in [4.78, 5) is 4.00. The number of aryl methyl sites for hydroxylation is 1.